The second kappa shape index (κ2) is 4.86. The summed E-state index contributed by atoms with van der Waals surface area (Å²) in [5.41, 5.74) is 1.26. The van der Waals surface area contributed by atoms with Crippen molar-refractivity contribution in [3.05, 3.63) is 66.6 Å². The van der Waals surface area contributed by atoms with Gasteiger partial charge in [0, 0.05) is 24.0 Å². The van der Waals surface area contributed by atoms with E-state index in [1.165, 1.54) is 0 Å². The summed E-state index contributed by atoms with van der Waals surface area (Å²) >= 11 is 0. The maximum absolute atomic E-state index is 12.0. The van der Waals surface area contributed by atoms with Crippen molar-refractivity contribution in [2.24, 2.45) is 0 Å². The molecular weight excluding hydrogens is 240 g/mol. The first kappa shape index (κ1) is 11.3. The summed E-state index contributed by atoms with van der Waals surface area (Å²) in [5, 5.41) is 0.812. The number of nitrogens with zero attached hydrogens (tertiary/aromatic N) is 2. The third-order valence-corrected chi connectivity index (χ3v) is 2.73. The summed E-state index contributed by atoms with van der Waals surface area (Å²) in [6.07, 6.45) is 4.74. The van der Waals surface area contributed by atoms with Crippen molar-refractivity contribution in [2.45, 2.75) is 0 Å². The van der Waals surface area contributed by atoms with Crippen LogP contribution in [0.1, 0.15) is 10.4 Å². The monoisotopic (exact) mass is 250 g/mol. The van der Waals surface area contributed by atoms with Crippen LogP contribution in [-0.4, -0.2) is 15.9 Å². The minimum atomic E-state index is -0.404. The molecule has 2 aromatic heterocycles. The molecule has 19 heavy (non-hydrogen) atoms. The number of ether oxygens (including phenoxy) is 1. The van der Waals surface area contributed by atoms with E-state index in [4.69, 9.17) is 4.74 Å². The molecule has 0 radical (unpaired) electrons. The minimum absolute atomic E-state index is 0.404. The van der Waals surface area contributed by atoms with Crippen molar-refractivity contribution in [3.8, 4) is 5.75 Å². The fourth-order valence-electron chi connectivity index (χ4n) is 1.81. The molecule has 0 unspecified atom stereocenters. The molecule has 4 heteroatoms. The fraction of sp³-hybridized carbons (Fsp3) is 0. The maximum Gasteiger partial charge on any atom is 0.343 e. The van der Waals surface area contributed by atoms with Crippen LogP contribution in [0.4, 0.5) is 0 Å². The molecular formula is C15H10N2O2. The average molecular weight is 250 g/mol. The summed E-state index contributed by atoms with van der Waals surface area (Å²) in [5.74, 6) is 0.103. The normalized spacial score (nSPS) is 10.3. The highest BCUT2D eigenvalue weighted by Crippen LogP contribution is 2.24. The van der Waals surface area contributed by atoms with E-state index >= 15 is 0 Å². The molecule has 0 atom stereocenters. The molecule has 0 N–H and O–H groups in total. The Labute approximate surface area is 109 Å². The molecule has 0 saturated heterocycles. The van der Waals surface area contributed by atoms with Gasteiger partial charge in [0.05, 0.1) is 11.1 Å². The second-order valence-corrected chi connectivity index (χ2v) is 3.95. The van der Waals surface area contributed by atoms with Gasteiger partial charge in [-0.05, 0) is 30.3 Å². The zero-order chi connectivity index (χ0) is 13.1. The molecule has 1 aromatic carbocycles. The highest BCUT2D eigenvalue weighted by Gasteiger charge is 2.10. The molecule has 0 bridgehead atoms. The standard InChI is InChI=1S/C15H10N2O2/c18-15(11-5-8-16-9-6-11)19-14-7-10-17-13-4-2-1-3-12(13)14/h1-10H. The molecule has 3 rings (SSSR count). The topological polar surface area (TPSA) is 52.1 Å². The second-order valence-electron chi connectivity index (χ2n) is 3.95. The van der Waals surface area contributed by atoms with Crippen LogP contribution in [0, 0.1) is 0 Å². The number of aromatic nitrogens is 2. The summed E-state index contributed by atoms with van der Waals surface area (Å²) in [6, 6.07) is 12.4. The first-order valence-corrected chi connectivity index (χ1v) is 5.80. The number of pyridine rings is 2. The van der Waals surface area contributed by atoms with Gasteiger partial charge in [-0.25, -0.2) is 4.79 Å². The van der Waals surface area contributed by atoms with Crippen LogP contribution >= 0.6 is 0 Å². The Morgan fingerprint density at radius 3 is 2.58 bits per heavy atom. The number of para-hydroxylation sites is 1. The summed E-state index contributed by atoms with van der Waals surface area (Å²) < 4.78 is 5.41. The Morgan fingerprint density at radius 1 is 0.947 bits per heavy atom. The first-order chi connectivity index (χ1) is 9.34. The van der Waals surface area contributed by atoms with Gasteiger partial charge in [0.25, 0.3) is 0 Å². The van der Waals surface area contributed by atoms with Crippen molar-refractivity contribution < 1.29 is 9.53 Å². The van der Waals surface area contributed by atoms with Crippen molar-refractivity contribution in [1.82, 2.24) is 9.97 Å². The quantitative estimate of drug-likeness (QED) is 0.656. The minimum Gasteiger partial charge on any atom is -0.422 e. The Kier molecular flexibility index (Phi) is 2.90. The predicted octanol–water partition coefficient (Wildman–Crippen LogP) is 2.85. The van der Waals surface area contributed by atoms with Gasteiger partial charge in [-0.3, -0.25) is 9.97 Å². The van der Waals surface area contributed by atoms with E-state index in [0.29, 0.717) is 11.3 Å². The highest BCUT2D eigenvalue weighted by atomic mass is 16.5. The lowest BCUT2D eigenvalue weighted by Gasteiger charge is -2.06. The van der Waals surface area contributed by atoms with E-state index < -0.39 is 5.97 Å². The lowest BCUT2D eigenvalue weighted by Crippen LogP contribution is -2.08. The van der Waals surface area contributed by atoms with Crippen molar-refractivity contribution in [3.63, 3.8) is 0 Å². The van der Waals surface area contributed by atoms with Gasteiger partial charge < -0.3 is 4.74 Å². The van der Waals surface area contributed by atoms with Gasteiger partial charge in [-0.1, -0.05) is 12.1 Å². The lowest BCUT2D eigenvalue weighted by atomic mass is 10.2. The maximum atomic E-state index is 12.0. The van der Waals surface area contributed by atoms with E-state index in [1.807, 2.05) is 24.3 Å². The summed E-state index contributed by atoms with van der Waals surface area (Å²) in [6.45, 7) is 0. The molecule has 2 heterocycles. The summed E-state index contributed by atoms with van der Waals surface area (Å²) in [4.78, 5) is 20.1. The largest absolute Gasteiger partial charge is 0.422 e. The number of hydrogen-bond donors (Lipinski definition) is 0. The third-order valence-electron chi connectivity index (χ3n) is 2.73. The predicted molar refractivity (Wildman–Crippen MR) is 70.9 cm³/mol. The van der Waals surface area contributed by atoms with E-state index in [1.54, 1.807) is 36.8 Å². The van der Waals surface area contributed by atoms with Crippen LogP contribution in [0.2, 0.25) is 0 Å². The molecule has 0 amide bonds. The van der Waals surface area contributed by atoms with Gasteiger partial charge in [-0.15, -0.1) is 0 Å². The number of rotatable bonds is 2. The van der Waals surface area contributed by atoms with Crippen LogP contribution in [0.3, 0.4) is 0 Å². The van der Waals surface area contributed by atoms with Crippen molar-refractivity contribution in [1.29, 1.82) is 0 Å². The van der Waals surface area contributed by atoms with Gasteiger partial charge in [0.1, 0.15) is 5.75 Å². The van der Waals surface area contributed by atoms with Gasteiger partial charge in [0.15, 0.2) is 0 Å². The SMILES string of the molecule is O=C(Oc1ccnc2ccccc12)c1ccncc1. The van der Waals surface area contributed by atoms with Crippen LogP contribution in [-0.2, 0) is 0 Å². The van der Waals surface area contributed by atoms with Gasteiger partial charge >= 0.3 is 5.97 Å². The van der Waals surface area contributed by atoms with Crippen molar-refractivity contribution in [2.75, 3.05) is 0 Å². The number of hydrogen-bond acceptors (Lipinski definition) is 4. The molecule has 0 spiro atoms. The van der Waals surface area contributed by atoms with E-state index in [-0.39, 0.29) is 0 Å². The first-order valence-electron chi connectivity index (χ1n) is 5.80. The molecule has 0 fully saturated rings. The molecule has 0 aliphatic carbocycles. The molecule has 0 saturated carbocycles. The van der Waals surface area contributed by atoms with Crippen LogP contribution in [0.15, 0.2) is 61.1 Å². The Hall–Kier alpha value is -2.75. The third kappa shape index (κ3) is 2.28. The van der Waals surface area contributed by atoms with E-state index in [2.05, 4.69) is 9.97 Å². The smallest absolute Gasteiger partial charge is 0.343 e. The Bertz CT molecular complexity index is 721. The molecule has 0 aliphatic rings. The zero-order valence-corrected chi connectivity index (χ0v) is 9.98. The number of fused-ring (bicyclic) bond motifs is 1. The van der Waals surface area contributed by atoms with Crippen LogP contribution in [0.25, 0.3) is 10.9 Å². The highest BCUT2D eigenvalue weighted by molar-refractivity contribution is 5.94. The molecule has 92 valence electrons. The molecule has 3 aromatic rings. The fourth-order valence-corrected chi connectivity index (χ4v) is 1.81. The van der Waals surface area contributed by atoms with Crippen LogP contribution < -0.4 is 4.74 Å². The lowest BCUT2D eigenvalue weighted by molar-refractivity contribution is 0.0737. The molecule has 0 aliphatic heterocycles. The zero-order valence-electron chi connectivity index (χ0n) is 9.98. The van der Waals surface area contributed by atoms with Gasteiger partial charge in [0.2, 0.25) is 0 Å². The number of esters is 1. The van der Waals surface area contributed by atoms with E-state index in [0.717, 1.165) is 10.9 Å². The summed E-state index contributed by atoms with van der Waals surface area (Å²) in [7, 11) is 0. The Balaban J connectivity index is 1.96. The number of carbonyl (C=O) groups is 1. The van der Waals surface area contributed by atoms with Gasteiger partial charge in [-0.2, -0.15) is 0 Å². The number of carbonyl (C=O) groups excluding carboxylic acids is 1. The van der Waals surface area contributed by atoms with Crippen molar-refractivity contribution >= 4 is 16.9 Å². The molecule has 4 nitrogen and oxygen atoms in total. The number of benzene rings is 1. The Morgan fingerprint density at radius 2 is 1.74 bits per heavy atom. The van der Waals surface area contributed by atoms with Crippen LogP contribution in [0.5, 0.6) is 5.75 Å². The average Bonchev–Trinajstić information content (AvgIpc) is 2.48. The van der Waals surface area contributed by atoms with E-state index in [9.17, 15) is 4.79 Å².